The predicted octanol–water partition coefficient (Wildman–Crippen LogP) is 3.76. The number of carbonyl (C=O) groups excluding carboxylic acids is 2. The average molecular weight is 386 g/mol. The number of aromatic nitrogens is 1. The number of hydrogen-bond acceptors (Lipinski definition) is 4. The van der Waals surface area contributed by atoms with E-state index in [4.69, 9.17) is 0 Å². The lowest BCUT2D eigenvalue weighted by Gasteiger charge is -2.05. The van der Waals surface area contributed by atoms with Crippen LogP contribution < -0.4 is 4.80 Å². The van der Waals surface area contributed by atoms with Crippen molar-refractivity contribution in [2.24, 2.45) is 4.99 Å². The normalized spacial score (nSPS) is 11.8. The van der Waals surface area contributed by atoms with Crippen molar-refractivity contribution in [1.29, 1.82) is 0 Å². The summed E-state index contributed by atoms with van der Waals surface area (Å²) >= 11 is 1.21. The van der Waals surface area contributed by atoms with Crippen molar-refractivity contribution in [3.8, 4) is 0 Å². The van der Waals surface area contributed by atoms with Crippen LogP contribution in [0.5, 0.6) is 0 Å². The smallest absolute Gasteiger partial charge is 0.307 e. The second kappa shape index (κ2) is 7.84. The van der Waals surface area contributed by atoms with Crippen molar-refractivity contribution in [2.45, 2.75) is 26.8 Å². The Labute approximate surface area is 159 Å². The molecule has 1 amide bonds. The van der Waals surface area contributed by atoms with Gasteiger partial charge in [0.25, 0.3) is 5.91 Å². The predicted molar refractivity (Wildman–Crippen MR) is 102 cm³/mol. The number of rotatable bonds is 4. The molecule has 7 heteroatoms. The molecule has 0 saturated heterocycles. The van der Waals surface area contributed by atoms with Crippen LogP contribution >= 0.6 is 11.3 Å². The first kappa shape index (κ1) is 19.0. The molecule has 0 aliphatic carbocycles. The van der Waals surface area contributed by atoms with Gasteiger partial charge in [0.05, 0.1) is 23.7 Å². The number of ether oxygens (including phenoxy) is 1. The van der Waals surface area contributed by atoms with Gasteiger partial charge in [0.1, 0.15) is 5.82 Å². The Kier molecular flexibility index (Phi) is 5.51. The van der Waals surface area contributed by atoms with E-state index >= 15 is 0 Å². The molecule has 0 unspecified atom stereocenters. The van der Waals surface area contributed by atoms with Gasteiger partial charge in [-0.3, -0.25) is 9.59 Å². The lowest BCUT2D eigenvalue weighted by atomic mass is 10.1. The van der Waals surface area contributed by atoms with E-state index in [1.54, 1.807) is 22.8 Å². The summed E-state index contributed by atoms with van der Waals surface area (Å²) in [4.78, 5) is 28.8. The molecule has 0 aliphatic rings. The van der Waals surface area contributed by atoms with E-state index in [1.807, 2.05) is 19.9 Å². The molecule has 0 saturated carbocycles. The number of amides is 1. The van der Waals surface area contributed by atoms with Crippen LogP contribution in [-0.2, 0) is 16.1 Å². The zero-order valence-corrected chi connectivity index (χ0v) is 16.1. The molecule has 27 heavy (non-hydrogen) atoms. The average Bonchev–Trinajstić information content (AvgIpc) is 2.97. The zero-order valence-electron chi connectivity index (χ0n) is 15.3. The van der Waals surface area contributed by atoms with Crippen LogP contribution in [0.25, 0.3) is 10.2 Å². The summed E-state index contributed by atoms with van der Waals surface area (Å²) in [6.07, 6.45) is 0.130. The third-order valence-electron chi connectivity index (χ3n) is 4.36. The largest absolute Gasteiger partial charge is 0.469 e. The Morgan fingerprint density at radius 2 is 1.93 bits per heavy atom. The van der Waals surface area contributed by atoms with Crippen molar-refractivity contribution < 1.29 is 18.7 Å². The van der Waals surface area contributed by atoms with Gasteiger partial charge < -0.3 is 9.30 Å². The van der Waals surface area contributed by atoms with E-state index in [-0.39, 0.29) is 30.7 Å². The van der Waals surface area contributed by atoms with Gasteiger partial charge in [-0.05, 0) is 55.3 Å². The number of hydrogen-bond donors (Lipinski definition) is 0. The van der Waals surface area contributed by atoms with E-state index in [1.165, 1.54) is 30.6 Å². The molecule has 5 nitrogen and oxygen atoms in total. The van der Waals surface area contributed by atoms with Crippen LogP contribution in [0, 0.1) is 19.7 Å². The number of methoxy groups -OCH3 is 1. The van der Waals surface area contributed by atoms with Crippen molar-refractivity contribution in [2.75, 3.05) is 7.11 Å². The molecule has 1 heterocycles. The first-order valence-electron chi connectivity index (χ1n) is 8.41. The van der Waals surface area contributed by atoms with Crippen molar-refractivity contribution in [3.05, 3.63) is 63.7 Å². The number of aryl methyl sites for hydroxylation is 3. The van der Waals surface area contributed by atoms with Gasteiger partial charge >= 0.3 is 5.97 Å². The van der Waals surface area contributed by atoms with Crippen LogP contribution in [0.15, 0.2) is 41.4 Å². The zero-order chi connectivity index (χ0) is 19.6. The molecule has 0 bridgehead atoms. The van der Waals surface area contributed by atoms with Crippen molar-refractivity contribution >= 4 is 33.4 Å². The third kappa shape index (κ3) is 4.14. The Morgan fingerprint density at radius 3 is 2.63 bits per heavy atom. The van der Waals surface area contributed by atoms with Gasteiger partial charge in [-0.2, -0.15) is 4.99 Å². The topological polar surface area (TPSA) is 60.7 Å². The van der Waals surface area contributed by atoms with E-state index in [0.29, 0.717) is 15.1 Å². The Bertz CT molecular complexity index is 1100. The SMILES string of the molecule is COC(=O)CCn1c(=NC(=O)c2ccc(C)c(C)c2)sc2cc(F)ccc21. The van der Waals surface area contributed by atoms with Crippen LogP contribution in [0.2, 0.25) is 0 Å². The van der Waals surface area contributed by atoms with Gasteiger partial charge in [-0.1, -0.05) is 17.4 Å². The Balaban J connectivity index is 2.07. The van der Waals surface area contributed by atoms with E-state index < -0.39 is 0 Å². The minimum Gasteiger partial charge on any atom is -0.469 e. The maximum Gasteiger partial charge on any atom is 0.307 e. The third-order valence-corrected chi connectivity index (χ3v) is 5.40. The van der Waals surface area contributed by atoms with Crippen LogP contribution in [0.3, 0.4) is 0 Å². The number of nitrogens with zero attached hydrogens (tertiary/aromatic N) is 2. The van der Waals surface area contributed by atoms with Crippen LogP contribution in [0.1, 0.15) is 27.9 Å². The fraction of sp³-hybridized carbons (Fsp3) is 0.250. The first-order valence-corrected chi connectivity index (χ1v) is 9.22. The monoisotopic (exact) mass is 386 g/mol. The van der Waals surface area contributed by atoms with Gasteiger partial charge in [-0.25, -0.2) is 4.39 Å². The standard InChI is InChI=1S/C20H19FN2O3S/c1-12-4-5-14(10-13(12)2)19(25)22-20-23(9-8-18(24)26-3)16-7-6-15(21)11-17(16)27-20/h4-7,10-11H,8-9H2,1-3H3. The number of esters is 1. The Hall–Kier alpha value is -2.80. The first-order chi connectivity index (χ1) is 12.9. The molecule has 2 aromatic carbocycles. The van der Waals surface area contributed by atoms with Crippen molar-refractivity contribution in [1.82, 2.24) is 4.57 Å². The summed E-state index contributed by atoms with van der Waals surface area (Å²) in [6, 6.07) is 9.78. The summed E-state index contributed by atoms with van der Waals surface area (Å²) in [5, 5.41) is 0. The van der Waals surface area contributed by atoms with Gasteiger partial charge in [-0.15, -0.1) is 0 Å². The highest BCUT2D eigenvalue weighted by atomic mass is 32.1. The fourth-order valence-corrected chi connectivity index (χ4v) is 3.76. The lowest BCUT2D eigenvalue weighted by Crippen LogP contribution is -2.19. The number of benzene rings is 2. The molecule has 3 aromatic rings. The lowest BCUT2D eigenvalue weighted by molar-refractivity contribution is -0.140. The molecular weight excluding hydrogens is 367 g/mol. The molecule has 0 radical (unpaired) electrons. The molecule has 0 aliphatic heterocycles. The maximum atomic E-state index is 13.6. The van der Waals surface area contributed by atoms with E-state index in [9.17, 15) is 14.0 Å². The summed E-state index contributed by atoms with van der Waals surface area (Å²) < 4.78 is 20.7. The summed E-state index contributed by atoms with van der Waals surface area (Å²) in [6.45, 7) is 4.20. The summed E-state index contributed by atoms with van der Waals surface area (Å²) in [5.41, 5.74) is 3.31. The highest BCUT2D eigenvalue weighted by Gasteiger charge is 2.12. The highest BCUT2D eigenvalue weighted by Crippen LogP contribution is 2.19. The fourth-order valence-electron chi connectivity index (χ4n) is 2.68. The van der Waals surface area contributed by atoms with Crippen LogP contribution in [0.4, 0.5) is 4.39 Å². The second-order valence-corrected chi connectivity index (χ2v) is 7.20. The minimum absolute atomic E-state index is 0.130. The quantitative estimate of drug-likeness (QED) is 0.642. The molecule has 0 fully saturated rings. The maximum absolute atomic E-state index is 13.6. The number of carbonyl (C=O) groups is 2. The second-order valence-electron chi connectivity index (χ2n) is 6.19. The van der Waals surface area contributed by atoms with E-state index in [0.717, 1.165) is 16.6 Å². The number of halogens is 1. The summed E-state index contributed by atoms with van der Waals surface area (Å²) in [7, 11) is 1.32. The van der Waals surface area contributed by atoms with Gasteiger partial charge in [0.15, 0.2) is 4.80 Å². The molecule has 1 aromatic heterocycles. The molecule has 140 valence electrons. The minimum atomic E-state index is -0.378. The number of thiazole rings is 1. The molecule has 0 N–H and O–H groups in total. The van der Waals surface area contributed by atoms with Gasteiger partial charge in [0.2, 0.25) is 0 Å². The highest BCUT2D eigenvalue weighted by molar-refractivity contribution is 7.16. The molecule has 3 rings (SSSR count). The molecule has 0 spiro atoms. The van der Waals surface area contributed by atoms with Crippen molar-refractivity contribution in [3.63, 3.8) is 0 Å². The Morgan fingerprint density at radius 1 is 1.15 bits per heavy atom. The van der Waals surface area contributed by atoms with E-state index in [2.05, 4.69) is 9.73 Å². The summed E-state index contributed by atoms with van der Waals surface area (Å²) in [5.74, 6) is -1.11. The van der Waals surface area contributed by atoms with Crippen LogP contribution in [-0.4, -0.2) is 23.6 Å². The number of fused-ring (bicyclic) bond motifs is 1. The molecule has 0 atom stereocenters. The van der Waals surface area contributed by atoms with Gasteiger partial charge in [0, 0.05) is 12.1 Å². The molecular formula is C20H19FN2O3S.